The molecule has 0 unspecified atom stereocenters. The molecular weight excluding hydrogens is 319 g/mol. The Labute approximate surface area is 131 Å². The average Bonchev–Trinajstić information content (AvgIpc) is 2.42. The zero-order chi connectivity index (χ0) is 16.2. The Balaban J connectivity index is 1.76. The van der Waals surface area contributed by atoms with Gasteiger partial charge in [-0.25, -0.2) is 4.79 Å². The molecule has 4 nitrogen and oxygen atoms in total. The minimum absolute atomic E-state index is 0.132. The zero-order valence-electron chi connectivity index (χ0n) is 11.8. The third-order valence-electron chi connectivity index (χ3n) is 3.45. The van der Waals surface area contributed by atoms with Crippen LogP contribution in [0.25, 0.3) is 0 Å². The maximum Gasteiger partial charge on any atom is 0.401 e. The van der Waals surface area contributed by atoms with Crippen molar-refractivity contribution in [3.8, 4) is 0 Å². The number of para-hydroxylation sites is 1. The molecule has 0 radical (unpaired) electrons. The lowest BCUT2D eigenvalue weighted by molar-refractivity contribution is -0.148. The third-order valence-corrected chi connectivity index (χ3v) is 3.78. The Morgan fingerprint density at radius 1 is 1.27 bits per heavy atom. The van der Waals surface area contributed by atoms with Gasteiger partial charge in [0.25, 0.3) is 0 Å². The Kier molecular flexibility index (Phi) is 5.52. The van der Waals surface area contributed by atoms with Crippen molar-refractivity contribution in [2.24, 2.45) is 0 Å². The molecule has 22 heavy (non-hydrogen) atoms. The summed E-state index contributed by atoms with van der Waals surface area (Å²) in [6.45, 7) is -0.265. The monoisotopic (exact) mass is 335 g/mol. The number of amides is 2. The molecule has 2 amide bonds. The Hall–Kier alpha value is -1.47. The van der Waals surface area contributed by atoms with Crippen LogP contribution in [0.3, 0.4) is 0 Å². The standard InChI is InChI=1S/C14H17ClF3N3O/c15-11-3-1-2-4-12(11)20-13(22)19-10-5-7-21(8-6-10)9-14(16,17)18/h1-4,10H,5-9H2,(H2,19,20,22). The molecular formula is C14H17ClF3N3O. The number of urea groups is 1. The van der Waals surface area contributed by atoms with Gasteiger partial charge in [0.05, 0.1) is 17.3 Å². The van der Waals surface area contributed by atoms with Gasteiger partial charge in [0, 0.05) is 19.1 Å². The molecule has 1 aliphatic heterocycles. The van der Waals surface area contributed by atoms with E-state index < -0.39 is 18.8 Å². The lowest BCUT2D eigenvalue weighted by atomic mass is 10.1. The van der Waals surface area contributed by atoms with Crippen LogP contribution < -0.4 is 10.6 Å². The first-order chi connectivity index (χ1) is 10.3. The van der Waals surface area contributed by atoms with E-state index in [4.69, 9.17) is 11.6 Å². The van der Waals surface area contributed by atoms with E-state index in [0.717, 1.165) is 0 Å². The second kappa shape index (κ2) is 7.19. The van der Waals surface area contributed by atoms with E-state index in [9.17, 15) is 18.0 Å². The van der Waals surface area contributed by atoms with Gasteiger partial charge in [-0.3, -0.25) is 4.90 Å². The number of piperidine rings is 1. The van der Waals surface area contributed by atoms with Gasteiger partial charge in [-0.1, -0.05) is 23.7 Å². The fourth-order valence-corrected chi connectivity index (χ4v) is 2.58. The van der Waals surface area contributed by atoms with Gasteiger partial charge in [0.2, 0.25) is 0 Å². The highest BCUT2D eigenvalue weighted by atomic mass is 35.5. The van der Waals surface area contributed by atoms with Crippen molar-refractivity contribution in [2.75, 3.05) is 25.0 Å². The summed E-state index contributed by atoms with van der Waals surface area (Å²) in [5, 5.41) is 5.82. The van der Waals surface area contributed by atoms with Crippen LogP contribution in [0.1, 0.15) is 12.8 Å². The Morgan fingerprint density at radius 3 is 2.50 bits per heavy atom. The van der Waals surface area contributed by atoms with Crippen LogP contribution in [0.15, 0.2) is 24.3 Å². The number of nitrogens with zero attached hydrogens (tertiary/aromatic N) is 1. The fourth-order valence-electron chi connectivity index (χ4n) is 2.40. The number of hydrogen-bond acceptors (Lipinski definition) is 2. The molecule has 1 saturated heterocycles. The molecule has 0 bridgehead atoms. The molecule has 0 atom stereocenters. The van der Waals surface area contributed by atoms with Crippen molar-refractivity contribution in [3.05, 3.63) is 29.3 Å². The van der Waals surface area contributed by atoms with Crippen LogP contribution in [-0.2, 0) is 0 Å². The normalized spacial score (nSPS) is 17.3. The van der Waals surface area contributed by atoms with Gasteiger partial charge in [-0.05, 0) is 25.0 Å². The first-order valence-corrected chi connectivity index (χ1v) is 7.32. The number of carbonyl (C=O) groups excluding carboxylic acids is 1. The largest absolute Gasteiger partial charge is 0.401 e. The number of nitrogens with one attached hydrogen (secondary N) is 2. The minimum Gasteiger partial charge on any atom is -0.335 e. The van der Waals surface area contributed by atoms with E-state index in [1.165, 1.54) is 4.90 Å². The summed E-state index contributed by atoms with van der Waals surface area (Å²) in [5.41, 5.74) is 0.496. The first kappa shape index (κ1) is 16.9. The van der Waals surface area contributed by atoms with E-state index >= 15 is 0 Å². The summed E-state index contributed by atoms with van der Waals surface area (Å²) < 4.78 is 36.9. The predicted octanol–water partition coefficient (Wildman–Crippen LogP) is 3.49. The molecule has 1 heterocycles. The Morgan fingerprint density at radius 2 is 1.91 bits per heavy atom. The number of rotatable bonds is 3. The van der Waals surface area contributed by atoms with Crippen LogP contribution in [-0.4, -0.2) is 42.8 Å². The summed E-state index contributed by atoms with van der Waals surface area (Å²) in [4.78, 5) is 13.2. The number of halogens is 4. The summed E-state index contributed by atoms with van der Waals surface area (Å²) in [6, 6.07) is 6.30. The van der Waals surface area contributed by atoms with Crippen molar-refractivity contribution in [3.63, 3.8) is 0 Å². The van der Waals surface area contributed by atoms with Crippen LogP contribution in [0.4, 0.5) is 23.7 Å². The minimum atomic E-state index is -4.18. The highest BCUT2D eigenvalue weighted by Crippen LogP contribution is 2.21. The molecule has 2 rings (SSSR count). The van der Waals surface area contributed by atoms with Crippen molar-refractivity contribution in [1.82, 2.24) is 10.2 Å². The van der Waals surface area contributed by atoms with Crippen molar-refractivity contribution >= 4 is 23.3 Å². The maximum atomic E-state index is 12.3. The molecule has 0 saturated carbocycles. The van der Waals surface area contributed by atoms with Gasteiger partial charge < -0.3 is 10.6 Å². The molecule has 1 aromatic rings. The predicted molar refractivity (Wildman–Crippen MR) is 79.1 cm³/mol. The third kappa shape index (κ3) is 5.38. The SMILES string of the molecule is O=C(Nc1ccccc1Cl)NC1CCN(CC(F)(F)F)CC1. The second-order valence-corrected chi connectivity index (χ2v) is 5.65. The number of benzene rings is 1. The number of anilines is 1. The molecule has 1 aliphatic rings. The topological polar surface area (TPSA) is 44.4 Å². The van der Waals surface area contributed by atoms with E-state index in [1.807, 2.05) is 0 Å². The summed E-state index contributed by atoms with van der Waals surface area (Å²) in [5.74, 6) is 0. The summed E-state index contributed by atoms with van der Waals surface area (Å²) >= 11 is 5.94. The van der Waals surface area contributed by atoms with E-state index in [-0.39, 0.29) is 6.04 Å². The number of carbonyl (C=O) groups is 1. The highest BCUT2D eigenvalue weighted by molar-refractivity contribution is 6.33. The number of likely N-dealkylation sites (tertiary alicyclic amines) is 1. The van der Waals surface area contributed by atoms with Crippen LogP contribution in [0.2, 0.25) is 5.02 Å². The van der Waals surface area contributed by atoms with Gasteiger partial charge in [-0.15, -0.1) is 0 Å². The molecule has 0 spiro atoms. The lowest BCUT2D eigenvalue weighted by Gasteiger charge is -2.32. The van der Waals surface area contributed by atoms with Gasteiger partial charge in [0.15, 0.2) is 0 Å². The summed E-state index contributed by atoms with van der Waals surface area (Å²) in [7, 11) is 0. The molecule has 0 aromatic heterocycles. The van der Waals surface area contributed by atoms with Gasteiger partial charge in [-0.2, -0.15) is 13.2 Å². The second-order valence-electron chi connectivity index (χ2n) is 5.24. The average molecular weight is 336 g/mol. The van der Waals surface area contributed by atoms with E-state index in [1.54, 1.807) is 24.3 Å². The van der Waals surface area contributed by atoms with Crippen LogP contribution >= 0.6 is 11.6 Å². The fraction of sp³-hybridized carbons (Fsp3) is 0.500. The van der Waals surface area contributed by atoms with Crippen molar-refractivity contribution in [2.45, 2.75) is 25.1 Å². The molecule has 8 heteroatoms. The number of alkyl halides is 3. The van der Waals surface area contributed by atoms with Crippen LogP contribution in [0.5, 0.6) is 0 Å². The van der Waals surface area contributed by atoms with Gasteiger partial charge >= 0.3 is 12.2 Å². The van der Waals surface area contributed by atoms with Crippen LogP contribution in [0, 0.1) is 0 Å². The van der Waals surface area contributed by atoms with Crippen molar-refractivity contribution in [1.29, 1.82) is 0 Å². The van der Waals surface area contributed by atoms with E-state index in [0.29, 0.717) is 36.6 Å². The van der Waals surface area contributed by atoms with E-state index in [2.05, 4.69) is 10.6 Å². The smallest absolute Gasteiger partial charge is 0.335 e. The molecule has 2 N–H and O–H groups in total. The first-order valence-electron chi connectivity index (χ1n) is 6.94. The number of hydrogen-bond donors (Lipinski definition) is 2. The zero-order valence-corrected chi connectivity index (χ0v) is 12.5. The maximum absolute atomic E-state index is 12.3. The molecule has 0 aliphatic carbocycles. The quantitative estimate of drug-likeness (QED) is 0.888. The lowest BCUT2D eigenvalue weighted by Crippen LogP contribution is -2.47. The summed E-state index contributed by atoms with van der Waals surface area (Å²) in [6.07, 6.45) is -3.19. The highest BCUT2D eigenvalue weighted by Gasteiger charge is 2.32. The Bertz CT molecular complexity index is 516. The van der Waals surface area contributed by atoms with Gasteiger partial charge in [0.1, 0.15) is 0 Å². The molecule has 1 aromatic carbocycles. The van der Waals surface area contributed by atoms with Crippen molar-refractivity contribution < 1.29 is 18.0 Å². The molecule has 122 valence electrons. The molecule has 1 fully saturated rings.